The van der Waals surface area contributed by atoms with Gasteiger partial charge in [-0.25, -0.2) is 12.4 Å². The highest BCUT2D eigenvalue weighted by Gasteiger charge is 2.22. The van der Waals surface area contributed by atoms with Gasteiger partial charge in [-0.05, 0) is 37.1 Å². The van der Waals surface area contributed by atoms with Crippen molar-refractivity contribution in [2.45, 2.75) is 24.7 Å². The number of phenols is 2. The van der Waals surface area contributed by atoms with E-state index in [0.29, 0.717) is 10.9 Å². The Hall–Kier alpha value is -3.00. The molecule has 1 aromatic heterocycles. The molecule has 3 rings (SSSR count). The molecule has 0 bridgehead atoms. The number of carbonyl (C=O) groups is 1. The second kappa shape index (κ2) is 6.38. The fraction of sp³-hybridized carbons (Fsp3) is 0.167. The summed E-state index contributed by atoms with van der Waals surface area (Å²) in [6.45, 7) is 1.84. The van der Waals surface area contributed by atoms with Gasteiger partial charge in [-0.15, -0.1) is 0 Å². The lowest BCUT2D eigenvalue weighted by Crippen LogP contribution is -2.11. The maximum Gasteiger partial charge on any atom is 0.303 e. The number of aromatic hydroxyl groups is 2. The second-order valence-corrected chi connectivity index (χ2v) is 7.83. The van der Waals surface area contributed by atoms with Crippen molar-refractivity contribution in [1.29, 1.82) is 0 Å². The molecule has 0 saturated heterocycles. The standard InChI is InChI=1S/C18H17NO6S/c1-11-2-5-13(6-3-11)26(24,25)19-10-12(4-7-18(22)23)14-8-16(20)17(21)9-15(14)19/h2-3,5-6,8-10,20-21H,4,7H2,1H3,(H,22,23). The van der Waals surface area contributed by atoms with E-state index < -0.39 is 27.5 Å². The Morgan fingerprint density at radius 3 is 2.31 bits per heavy atom. The van der Waals surface area contributed by atoms with E-state index >= 15 is 0 Å². The van der Waals surface area contributed by atoms with Crippen LogP contribution in [0.5, 0.6) is 11.5 Å². The summed E-state index contributed by atoms with van der Waals surface area (Å²) in [5.74, 6) is -1.88. The number of nitrogens with zero attached hydrogens (tertiary/aromatic N) is 1. The van der Waals surface area contributed by atoms with Gasteiger partial charge in [0.1, 0.15) is 0 Å². The SMILES string of the molecule is Cc1ccc(S(=O)(=O)n2cc(CCC(=O)O)c3cc(O)c(O)cc32)cc1. The average Bonchev–Trinajstić information content (AvgIpc) is 2.92. The largest absolute Gasteiger partial charge is 0.504 e. The number of fused-ring (bicyclic) bond motifs is 1. The predicted octanol–water partition coefficient (Wildman–Crippen LogP) is 2.62. The number of aromatic nitrogens is 1. The molecule has 3 N–H and O–H groups in total. The number of carboxylic acids is 1. The van der Waals surface area contributed by atoms with E-state index in [9.17, 15) is 23.4 Å². The molecule has 2 aromatic carbocycles. The summed E-state index contributed by atoms with van der Waals surface area (Å²) in [5.41, 5.74) is 1.53. The Balaban J connectivity index is 2.23. The number of hydrogen-bond acceptors (Lipinski definition) is 5. The molecule has 0 fully saturated rings. The molecule has 0 atom stereocenters. The van der Waals surface area contributed by atoms with Crippen molar-refractivity contribution in [2.24, 2.45) is 0 Å². The van der Waals surface area contributed by atoms with E-state index in [-0.39, 0.29) is 23.3 Å². The van der Waals surface area contributed by atoms with Crippen LogP contribution in [-0.2, 0) is 21.2 Å². The van der Waals surface area contributed by atoms with Crippen molar-refractivity contribution in [3.05, 3.63) is 53.7 Å². The third-order valence-electron chi connectivity index (χ3n) is 4.14. The molecule has 8 heteroatoms. The lowest BCUT2D eigenvalue weighted by molar-refractivity contribution is -0.136. The van der Waals surface area contributed by atoms with Gasteiger partial charge in [0, 0.05) is 24.1 Å². The Labute approximate surface area is 149 Å². The zero-order valence-electron chi connectivity index (χ0n) is 13.9. The predicted molar refractivity (Wildman–Crippen MR) is 95.0 cm³/mol. The lowest BCUT2D eigenvalue weighted by atomic mass is 10.1. The molecule has 136 valence electrons. The molecule has 3 aromatic rings. The van der Waals surface area contributed by atoms with Gasteiger partial charge in [0.2, 0.25) is 0 Å². The highest BCUT2D eigenvalue weighted by molar-refractivity contribution is 7.90. The Bertz CT molecular complexity index is 1100. The monoisotopic (exact) mass is 375 g/mol. The van der Waals surface area contributed by atoms with Crippen LogP contribution < -0.4 is 0 Å². The molecular weight excluding hydrogens is 358 g/mol. The van der Waals surface area contributed by atoms with E-state index in [0.717, 1.165) is 15.6 Å². The molecule has 0 aliphatic carbocycles. The molecule has 0 radical (unpaired) electrons. The highest BCUT2D eigenvalue weighted by atomic mass is 32.2. The Kier molecular flexibility index (Phi) is 4.37. The number of carboxylic acid groups (broad SMARTS) is 1. The van der Waals surface area contributed by atoms with E-state index in [4.69, 9.17) is 5.11 Å². The van der Waals surface area contributed by atoms with E-state index in [1.165, 1.54) is 24.4 Å². The molecule has 0 aliphatic heterocycles. The van der Waals surface area contributed by atoms with Crippen LogP contribution in [0.25, 0.3) is 10.9 Å². The smallest absolute Gasteiger partial charge is 0.303 e. The maximum absolute atomic E-state index is 13.0. The number of aliphatic carboxylic acids is 1. The highest BCUT2D eigenvalue weighted by Crippen LogP contribution is 2.35. The van der Waals surface area contributed by atoms with Crippen LogP contribution in [0.3, 0.4) is 0 Å². The normalized spacial score (nSPS) is 11.7. The van der Waals surface area contributed by atoms with Crippen molar-refractivity contribution in [2.75, 3.05) is 0 Å². The zero-order chi connectivity index (χ0) is 19.1. The third-order valence-corrected chi connectivity index (χ3v) is 5.82. The molecule has 26 heavy (non-hydrogen) atoms. The Morgan fingerprint density at radius 2 is 1.69 bits per heavy atom. The van der Waals surface area contributed by atoms with Crippen LogP contribution in [-0.4, -0.2) is 33.7 Å². The first kappa shape index (κ1) is 17.8. The molecule has 0 saturated carbocycles. The first-order valence-corrected chi connectivity index (χ1v) is 9.24. The van der Waals surface area contributed by atoms with Crippen LogP contribution >= 0.6 is 0 Å². The molecule has 0 aliphatic rings. The zero-order valence-corrected chi connectivity index (χ0v) is 14.7. The van der Waals surface area contributed by atoms with E-state index in [2.05, 4.69) is 0 Å². The van der Waals surface area contributed by atoms with Crippen LogP contribution in [0.1, 0.15) is 17.5 Å². The number of hydrogen-bond donors (Lipinski definition) is 3. The fourth-order valence-corrected chi connectivity index (χ4v) is 4.13. The van der Waals surface area contributed by atoms with Gasteiger partial charge in [-0.1, -0.05) is 17.7 Å². The van der Waals surface area contributed by atoms with Gasteiger partial charge in [0.15, 0.2) is 11.5 Å². The number of rotatable bonds is 5. The van der Waals surface area contributed by atoms with Crippen molar-refractivity contribution in [3.63, 3.8) is 0 Å². The summed E-state index contributed by atoms with van der Waals surface area (Å²) >= 11 is 0. The van der Waals surface area contributed by atoms with Crippen LogP contribution in [0.2, 0.25) is 0 Å². The van der Waals surface area contributed by atoms with Gasteiger partial charge in [0.05, 0.1) is 10.4 Å². The topological polar surface area (TPSA) is 117 Å². The van der Waals surface area contributed by atoms with Crippen molar-refractivity contribution in [3.8, 4) is 11.5 Å². The quantitative estimate of drug-likeness (QED) is 0.590. The number of benzene rings is 2. The van der Waals surface area contributed by atoms with Crippen LogP contribution in [0.15, 0.2) is 47.5 Å². The molecule has 0 spiro atoms. The maximum atomic E-state index is 13.0. The summed E-state index contributed by atoms with van der Waals surface area (Å²) in [7, 11) is -3.95. The molecule has 0 unspecified atom stereocenters. The molecular formula is C18H17NO6S. The molecule has 0 amide bonds. The first-order chi connectivity index (χ1) is 12.2. The summed E-state index contributed by atoms with van der Waals surface area (Å²) in [6, 6.07) is 8.70. The van der Waals surface area contributed by atoms with Gasteiger partial charge in [-0.3, -0.25) is 4.79 Å². The van der Waals surface area contributed by atoms with Crippen molar-refractivity contribution in [1.82, 2.24) is 3.97 Å². The van der Waals surface area contributed by atoms with Gasteiger partial charge < -0.3 is 15.3 Å². The van der Waals surface area contributed by atoms with Crippen LogP contribution in [0, 0.1) is 6.92 Å². The van der Waals surface area contributed by atoms with E-state index in [1.807, 2.05) is 6.92 Å². The summed E-state index contributed by atoms with van der Waals surface area (Å²) in [5, 5.41) is 28.8. The average molecular weight is 375 g/mol. The molecule has 1 heterocycles. The lowest BCUT2D eigenvalue weighted by Gasteiger charge is -2.08. The minimum Gasteiger partial charge on any atom is -0.504 e. The first-order valence-electron chi connectivity index (χ1n) is 7.80. The fourth-order valence-electron chi connectivity index (χ4n) is 2.75. The van der Waals surface area contributed by atoms with Gasteiger partial charge in [0.25, 0.3) is 10.0 Å². The number of aryl methyl sites for hydroxylation is 2. The number of phenolic OH excluding ortho intramolecular Hbond substituents is 2. The van der Waals surface area contributed by atoms with Gasteiger partial charge >= 0.3 is 5.97 Å². The summed E-state index contributed by atoms with van der Waals surface area (Å²) < 4.78 is 27.0. The van der Waals surface area contributed by atoms with E-state index in [1.54, 1.807) is 12.1 Å². The van der Waals surface area contributed by atoms with Gasteiger partial charge in [-0.2, -0.15) is 0 Å². The summed E-state index contributed by atoms with van der Waals surface area (Å²) in [4.78, 5) is 10.9. The van der Waals surface area contributed by atoms with Crippen molar-refractivity contribution >= 4 is 26.9 Å². The third kappa shape index (κ3) is 3.11. The molecule has 7 nitrogen and oxygen atoms in total. The second-order valence-electron chi connectivity index (χ2n) is 6.02. The Morgan fingerprint density at radius 1 is 1.08 bits per heavy atom. The summed E-state index contributed by atoms with van der Waals surface area (Å²) in [6.07, 6.45) is 1.24. The minimum absolute atomic E-state index is 0.0670. The minimum atomic E-state index is -3.95. The van der Waals surface area contributed by atoms with Crippen molar-refractivity contribution < 1.29 is 28.5 Å². The van der Waals surface area contributed by atoms with Crippen LogP contribution in [0.4, 0.5) is 0 Å².